The summed E-state index contributed by atoms with van der Waals surface area (Å²) in [5.41, 5.74) is -0.699. The molecule has 1 amide bonds. The Labute approximate surface area is 157 Å². The number of ether oxygens (including phenoxy) is 1. The number of piperidine rings is 1. The molecule has 0 bridgehead atoms. The number of aromatic nitrogens is 1. The van der Waals surface area contributed by atoms with Crippen molar-refractivity contribution >= 4 is 11.9 Å². The summed E-state index contributed by atoms with van der Waals surface area (Å²) in [4.78, 5) is 40.2. The third-order valence-corrected chi connectivity index (χ3v) is 6.22. The summed E-state index contributed by atoms with van der Waals surface area (Å²) >= 11 is 0. The van der Waals surface area contributed by atoms with Crippen molar-refractivity contribution in [3.05, 3.63) is 22.2 Å². The van der Waals surface area contributed by atoms with E-state index in [2.05, 4.69) is 10.1 Å². The molecule has 4 rings (SSSR count). The fraction of sp³-hybridized carbons (Fsp3) is 0.737. The molecule has 3 aliphatic heterocycles. The minimum Gasteiger partial charge on any atom is -0.461 e. The maximum Gasteiger partial charge on any atom is 0.312 e. The van der Waals surface area contributed by atoms with Crippen LogP contribution in [0.1, 0.15) is 44.3 Å². The molecule has 0 aromatic carbocycles. The van der Waals surface area contributed by atoms with Crippen LogP contribution < -0.4 is 5.56 Å². The molecule has 1 aromatic rings. The van der Waals surface area contributed by atoms with Crippen LogP contribution >= 0.6 is 0 Å². The number of rotatable bonds is 5. The van der Waals surface area contributed by atoms with E-state index in [0.717, 1.165) is 26.1 Å². The van der Waals surface area contributed by atoms with Crippen LogP contribution in [0.4, 0.5) is 0 Å². The number of carbonyl (C=O) groups excluding carboxylic acids is 2. The van der Waals surface area contributed by atoms with Crippen LogP contribution in [0.3, 0.4) is 0 Å². The Bertz CT molecular complexity index is 741. The lowest BCUT2D eigenvalue weighted by Gasteiger charge is -2.36. The summed E-state index contributed by atoms with van der Waals surface area (Å²) in [6.45, 7) is 4.22. The van der Waals surface area contributed by atoms with E-state index in [1.165, 1.54) is 18.9 Å². The standard InChI is InChI=1S/C19H27N3O5/c23-16-11-14(27-20-16)3-4-17(24)22-9-5-19(6-10-22)12-15(26-18(19)25)13-21-7-1-2-8-21/h11,15H,1-10,12-13H2,(H,20,23). The molecule has 27 heavy (non-hydrogen) atoms. The largest absolute Gasteiger partial charge is 0.461 e. The highest BCUT2D eigenvalue weighted by atomic mass is 16.6. The second-order valence-electron chi connectivity index (χ2n) is 8.08. The first-order valence-corrected chi connectivity index (χ1v) is 9.93. The second-order valence-corrected chi connectivity index (χ2v) is 8.08. The zero-order chi connectivity index (χ0) is 18.9. The van der Waals surface area contributed by atoms with Crippen molar-refractivity contribution in [2.75, 3.05) is 32.7 Å². The fourth-order valence-electron chi connectivity index (χ4n) is 4.62. The van der Waals surface area contributed by atoms with Gasteiger partial charge >= 0.3 is 5.97 Å². The number of H-pyrrole nitrogens is 1. The Balaban J connectivity index is 1.26. The summed E-state index contributed by atoms with van der Waals surface area (Å²) in [7, 11) is 0. The number of carbonyl (C=O) groups is 2. The van der Waals surface area contributed by atoms with E-state index >= 15 is 0 Å². The number of esters is 1. The molecule has 0 aliphatic carbocycles. The van der Waals surface area contributed by atoms with Crippen LogP contribution in [0.5, 0.6) is 0 Å². The predicted octanol–water partition coefficient (Wildman–Crippen LogP) is 0.921. The van der Waals surface area contributed by atoms with Crippen molar-refractivity contribution in [1.29, 1.82) is 0 Å². The number of aryl methyl sites for hydroxylation is 1. The van der Waals surface area contributed by atoms with E-state index in [1.54, 1.807) is 0 Å². The Morgan fingerprint density at radius 1 is 1.19 bits per heavy atom. The fourth-order valence-corrected chi connectivity index (χ4v) is 4.62. The van der Waals surface area contributed by atoms with Gasteiger partial charge in [0.1, 0.15) is 11.9 Å². The maximum atomic E-state index is 12.5. The molecule has 3 aliphatic rings. The van der Waals surface area contributed by atoms with E-state index < -0.39 is 5.41 Å². The number of hydrogen-bond acceptors (Lipinski definition) is 6. The number of amides is 1. The van der Waals surface area contributed by atoms with E-state index in [-0.39, 0.29) is 23.5 Å². The number of likely N-dealkylation sites (tertiary alicyclic amines) is 2. The van der Waals surface area contributed by atoms with Crippen LogP contribution in [0.15, 0.2) is 15.4 Å². The molecule has 1 atom stereocenters. The minimum absolute atomic E-state index is 0.00524. The minimum atomic E-state index is -0.408. The van der Waals surface area contributed by atoms with Gasteiger partial charge in [-0.15, -0.1) is 0 Å². The van der Waals surface area contributed by atoms with Gasteiger partial charge in [0.05, 0.1) is 5.41 Å². The first-order chi connectivity index (χ1) is 13.0. The SMILES string of the molecule is O=C(CCc1cc(=O)[nH]o1)N1CCC2(CC1)CC(CN1CCCC1)OC2=O. The van der Waals surface area contributed by atoms with Crippen molar-refractivity contribution in [2.24, 2.45) is 5.41 Å². The van der Waals surface area contributed by atoms with Crippen molar-refractivity contribution in [2.45, 2.75) is 51.0 Å². The van der Waals surface area contributed by atoms with Crippen LogP contribution in [-0.2, 0) is 20.7 Å². The monoisotopic (exact) mass is 377 g/mol. The molecule has 0 saturated carbocycles. The van der Waals surface area contributed by atoms with E-state index in [0.29, 0.717) is 44.5 Å². The van der Waals surface area contributed by atoms with Gasteiger partial charge in [-0.1, -0.05) is 0 Å². The molecule has 8 heteroatoms. The van der Waals surface area contributed by atoms with Gasteiger partial charge in [-0.25, -0.2) is 0 Å². The molecule has 1 aromatic heterocycles. The molecule has 4 heterocycles. The zero-order valence-electron chi connectivity index (χ0n) is 15.6. The summed E-state index contributed by atoms with van der Waals surface area (Å²) in [6.07, 6.45) is 5.29. The molecular formula is C19H27N3O5. The van der Waals surface area contributed by atoms with Gasteiger partial charge in [0.25, 0.3) is 5.56 Å². The van der Waals surface area contributed by atoms with E-state index in [9.17, 15) is 14.4 Å². The highest BCUT2D eigenvalue weighted by Crippen LogP contribution is 2.43. The number of nitrogens with one attached hydrogen (secondary N) is 1. The zero-order valence-corrected chi connectivity index (χ0v) is 15.6. The number of nitrogens with zero attached hydrogens (tertiary/aromatic N) is 2. The molecule has 3 saturated heterocycles. The summed E-state index contributed by atoms with van der Waals surface area (Å²) in [5, 5.41) is 2.23. The second kappa shape index (κ2) is 7.50. The number of hydrogen-bond donors (Lipinski definition) is 1. The van der Waals surface area contributed by atoms with Crippen molar-refractivity contribution in [3.8, 4) is 0 Å². The van der Waals surface area contributed by atoms with Crippen molar-refractivity contribution in [3.63, 3.8) is 0 Å². The lowest BCUT2D eigenvalue weighted by atomic mass is 9.76. The lowest BCUT2D eigenvalue weighted by Crippen LogP contribution is -2.45. The quantitative estimate of drug-likeness (QED) is 0.767. The Hall–Kier alpha value is -2.09. The molecule has 0 radical (unpaired) electrons. The molecule has 1 unspecified atom stereocenters. The predicted molar refractivity (Wildman–Crippen MR) is 96.1 cm³/mol. The van der Waals surface area contributed by atoms with Gasteiger partial charge < -0.3 is 14.2 Å². The Morgan fingerprint density at radius 3 is 2.59 bits per heavy atom. The van der Waals surface area contributed by atoms with Gasteiger partial charge in [-0.3, -0.25) is 19.3 Å². The lowest BCUT2D eigenvalue weighted by molar-refractivity contribution is -0.152. The summed E-state index contributed by atoms with van der Waals surface area (Å²) < 4.78 is 10.7. The van der Waals surface area contributed by atoms with Gasteiger partial charge in [0.15, 0.2) is 0 Å². The number of cyclic esters (lactones) is 1. The normalized spacial score (nSPS) is 25.3. The topological polar surface area (TPSA) is 95.8 Å². The Morgan fingerprint density at radius 2 is 1.93 bits per heavy atom. The van der Waals surface area contributed by atoms with E-state index in [4.69, 9.17) is 9.26 Å². The van der Waals surface area contributed by atoms with Crippen molar-refractivity contribution < 1.29 is 18.8 Å². The van der Waals surface area contributed by atoms with Gasteiger partial charge in [-0.2, -0.15) is 5.16 Å². The summed E-state index contributed by atoms with van der Waals surface area (Å²) in [6, 6.07) is 1.37. The molecule has 8 nitrogen and oxygen atoms in total. The van der Waals surface area contributed by atoms with Crippen LogP contribution in [0, 0.1) is 5.41 Å². The van der Waals surface area contributed by atoms with Crippen LogP contribution in [0.2, 0.25) is 0 Å². The molecule has 1 N–H and O–H groups in total. The third kappa shape index (κ3) is 3.95. The first kappa shape index (κ1) is 18.3. The van der Waals surface area contributed by atoms with Crippen molar-refractivity contribution in [1.82, 2.24) is 15.0 Å². The Kier molecular flexibility index (Phi) is 5.08. The third-order valence-electron chi connectivity index (χ3n) is 6.22. The molecule has 3 fully saturated rings. The average molecular weight is 377 g/mol. The van der Waals surface area contributed by atoms with Gasteiger partial charge in [0, 0.05) is 45.0 Å². The average Bonchev–Trinajstić information content (AvgIpc) is 3.37. The summed E-state index contributed by atoms with van der Waals surface area (Å²) in [5.74, 6) is 0.451. The molecular weight excluding hydrogens is 350 g/mol. The highest BCUT2D eigenvalue weighted by Gasteiger charge is 2.51. The van der Waals surface area contributed by atoms with E-state index in [1.807, 2.05) is 4.90 Å². The van der Waals surface area contributed by atoms with Gasteiger partial charge in [-0.05, 0) is 38.8 Å². The maximum absolute atomic E-state index is 12.5. The smallest absolute Gasteiger partial charge is 0.312 e. The first-order valence-electron chi connectivity index (χ1n) is 9.93. The van der Waals surface area contributed by atoms with Crippen LogP contribution in [0.25, 0.3) is 0 Å². The highest BCUT2D eigenvalue weighted by molar-refractivity contribution is 5.80. The molecule has 148 valence electrons. The van der Waals surface area contributed by atoms with Crippen LogP contribution in [-0.4, -0.2) is 65.7 Å². The molecule has 1 spiro atoms. The number of aromatic amines is 1. The van der Waals surface area contributed by atoms with Gasteiger partial charge in [0.2, 0.25) is 5.91 Å².